The average molecular weight is 344 g/mol. The molecule has 2 unspecified atom stereocenters. The lowest BCUT2D eigenvalue weighted by atomic mass is 10.1. The van der Waals surface area contributed by atoms with Crippen molar-refractivity contribution in [3.8, 4) is 0 Å². The molecular formula is C16H19F3N2O3. The van der Waals surface area contributed by atoms with Gasteiger partial charge >= 0.3 is 6.18 Å². The molecule has 2 N–H and O–H groups in total. The van der Waals surface area contributed by atoms with Crippen LogP contribution in [0.1, 0.15) is 24.5 Å². The lowest BCUT2D eigenvalue weighted by molar-refractivity contribution is -0.137. The molecule has 1 saturated heterocycles. The summed E-state index contributed by atoms with van der Waals surface area (Å²) in [5.41, 5.74) is -0.402. The molecule has 132 valence electrons. The second-order valence-electron chi connectivity index (χ2n) is 5.97. The quantitative estimate of drug-likeness (QED) is 0.852. The van der Waals surface area contributed by atoms with Crippen molar-refractivity contribution >= 4 is 11.8 Å². The minimum atomic E-state index is -4.44. The molecular weight excluding hydrogens is 325 g/mol. The fraction of sp³-hybridized carbons (Fsp3) is 0.500. The highest BCUT2D eigenvalue weighted by Gasteiger charge is 2.35. The van der Waals surface area contributed by atoms with Crippen LogP contribution in [0.3, 0.4) is 0 Å². The highest BCUT2D eigenvalue weighted by molar-refractivity contribution is 5.89. The third-order valence-electron chi connectivity index (χ3n) is 3.78. The summed E-state index contributed by atoms with van der Waals surface area (Å²) in [6, 6.07) is 4.80. The minimum absolute atomic E-state index is 0.0185. The number of aliphatic hydroxyl groups excluding tert-OH is 1. The predicted molar refractivity (Wildman–Crippen MR) is 79.7 cm³/mol. The van der Waals surface area contributed by atoms with Gasteiger partial charge in [-0.1, -0.05) is 12.1 Å². The summed E-state index contributed by atoms with van der Waals surface area (Å²) in [7, 11) is 0. The number of likely N-dealkylation sites (tertiary alicyclic amines) is 1. The van der Waals surface area contributed by atoms with Crippen molar-refractivity contribution in [2.45, 2.75) is 32.2 Å². The molecule has 1 aliphatic rings. The summed E-state index contributed by atoms with van der Waals surface area (Å²) in [6.07, 6.45) is -5.11. The maximum absolute atomic E-state index is 12.7. The highest BCUT2D eigenvalue weighted by atomic mass is 19.4. The number of aliphatic hydroxyl groups is 1. The van der Waals surface area contributed by atoms with E-state index < -0.39 is 23.8 Å². The molecule has 0 radical (unpaired) electrons. The zero-order valence-corrected chi connectivity index (χ0v) is 13.1. The normalized spacial score (nSPS) is 19.5. The summed E-state index contributed by atoms with van der Waals surface area (Å²) >= 11 is 0. The topological polar surface area (TPSA) is 69.6 Å². The standard InChI is InChI=1S/C16H19F3N2O3/c1-10(22)7-20-15(24)12-6-14(23)21(9-12)8-11-3-2-4-13(5-11)16(17,18)19/h2-5,10,12,22H,6-9H2,1H3,(H,20,24). The van der Waals surface area contributed by atoms with E-state index in [2.05, 4.69) is 5.32 Å². The largest absolute Gasteiger partial charge is 0.416 e. The van der Waals surface area contributed by atoms with Crippen LogP contribution in [0.25, 0.3) is 0 Å². The molecule has 0 bridgehead atoms. The smallest absolute Gasteiger partial charge is 0.392 e. The van der Waals surface area contributed by atoms with Crippen LogP contribution in [0.15, 0.2) is 24.3 Å². The van der Waals surface area contributed by atoms with E-state index in [0.717, 1.165) is 12.1 Å². The Morgan fingerprint density at radius 1 is 1.46 bits per heavy atom. The fourth-order valence-electron chi connectivity index (χ4n) is 2.56. The Bertz CT molecular complexity index is 617. The van der Waals surface area contributed by atoms with Gasteiger partial charge in [0.15, 0.2) is 0 Å². The maximum atomic E-state index is 12.7. The van der Waals surface area contributed by atoms with Gasteiger partial charge in [0.1, 0.15) is 0 Å². The molecule has 1 heterocycles. The number of hydrogen-bond donors (Lipinski definition) is 2. The minimum Gasteiger partial charge on any atom is -0.392 e. The number of halogens is 3. The molecule has 24 heavy (non-hydrogen) atoms. The van der Waals surface area contributed by atoms with Crippen LogP contribution in [0.5, 0.6) is 0 Å². The van der Waals surface area contributed by atoms with E-state index in [1.54, 1.807) is 0 Å². The van der Waals surface area contributed by atoms with Crippen molar-refractivity contribution in [1.29, 1.82) is 0 Å². The van der Waals surface area contributed by atoms with Crippen molar-refractivity contribution in [3.05, 3.63) is 35.4 Å². The molecule has 5 nitrogen and oxygen atoms in total. The molecule has 0 aliphatic carbocycles. The van der Waals surface area contributed by atoms with Crippen molar-refractivity contribution in [2.24, 2.45) is 5.92 Å². The van der Waals surface area contributed by atoms with Gasteiger partial charge in [-0.05, 0) is 24.6 Å². The molecule has 1 fully saturated rings. The van der Waals surface area contributed by atoms with Gasteiger partial charge in [0.2, 0.25) is 11.8 Å². The summed E-state index contributed by atoms with van der Waals surface area (Å²) in [6.45, 7) is 1.81. The molecule has 1 aliphatic heterocycles. The maximum Gasteiger partial charge on any atom is 0.416 e. The third-order valence-corrected chi connectivity index (χ3v) is 3.78. The Morgan fingerprint density at radius 2 is 2.17 bits per heavy atom. The summed E-state index contributed by atoms with van der Waals surface area (Å²) in [4.78, 5) is 25.3. The first-order valence-corrected chi connectivity index (χ1v) is 7.56. The van der Waals surface area contributed by atoms with Gasteiger partial charge in [-0.25, -0.2) is 0 Å². The fourth-order valence-corrected chi connectivity index (χ4v) is 2.56. The Balaban J connectivity index is 1.99. The predicted octanol–water partition coefficient (Wildman–Crippen LogP) is 1.55. The van der Waals surface area contributed by atoms with Gasteiger partial charge in [0, 0.05) is 26.1 Å². The first kappa shape index (κ1) is 18.3. The number of nitrogens with one attached hydrogen (secondary N) is 1. The van der Waals surface area contributed by atoms with Crippen LogP contribution in [0.2, 0.25) is 0 Å². The lowest BCUT2D eigenvalue weighted by Crippen LogP contribution is -2.36. The number of alkyl halides is 3. The van der Waals surface area contributed by atoms with Crippen LogP contribution < -0.4 is 5.32 Å². The molecule has 1 aromatic rings. The van der Waals surface area contributed by atoms with E-state index in [0.29, 0.717) is 5.56 Å². The van der Waals surface area contributed by atoms with E-state index in [-0.39, 0.29) is 37.9 Å². The third kappa shape index (κ3) is 4.70. The number of hydrogen-bond acceptors (Lipinski definition) is 3. The molecule has 0 aromatic heterocycles. The van der Waals surface area contributed by atoms with Crippen molar-refractivity contribution < 1.29 is 27.9 Å². The number of amides is 2. The number of benzene rings is 1. The van der Waals surface area contributed by atoms with E-state index in [4.69, 9.17) is 5.11 Å². The first-order valence-electron chi connectivity index (χ1n) is 7.56. The second-order valence-corrected chi connectivity index (χ2v) is 5.97. The zero-order chi connectivity index (χ0) is 17.9. The van der Waals surface area contributed by atoms with Crippen LogP contribution in [0, 0.1) is 5.92 Å². The van der Waals surface area contributed by atoms with Crippen LogP contribution in [-0.2, 0) is 22.3 Å². The van der Waals surface area contributed by atoms with Gasteiger partial charge in [0.25, 0.3) is 0 Å². The molecule has 2 atom stereocenters. The summed E-state index contributed by atoms with van der Waals surface area (Å²) in [5, 5.41) is 11.7. The lowest BCUT2D eigenvalue weighted by Gasteiger charge is -2.18. The van der Waals surface area contributed by atoms with Gasteiger partial charge in [-0.15, -0.1) is 0 Å². The Kier molecular flexibility index (Phi) is 5.48. The average Bonchev–Trinajstić information content (AvgIpc) is 2.85. The highest BCUT2D eigenvalue weighted by Crippen LogP contribution is 2.30. The second kappa shape index (κ2) is 7.21. The Hall–Kier alpha value is -2.09. The number of nitrogens with zero attached hydrogens (tertiary/aromatic N) is 1. The van der Waals surface area contributed by atoms with Crippen LogP contribution >= 0.6 is 0 Å². The van der Waals surface area contributed by atoms with E-state index in [1.807, 2.05) is 0 Å². The number of carbonyl (C=O) groups is 2. The van der Waals surface area contributed by atoms with Gasteiger partial charge in [-0.2, -0.15) is 13.2 Å². The molecule has 2 amide bonds. The van der Waals surface area contributed by atoms with Gasteiger partial charge in [-0.3, -0.25) is 9.59 Å². The zero-order valence-electron chi connectivity index (χ0n) is 13.1. The van der Waals surface area contributed by atoms with Crippen LogP contribution in [0.4, 0.5) is 13.2 Å². The van der Waals surface area contributed by atoms with Crippen molar-refractivity contribution in [1.82, 2.24) is 10.2 Å². The number of carbonyl (C=O) groups excluding carboxylic acids is 2. The van der Waals surface area contributed by atoms with Gasteiger partial charge < -0.3 is 15.3 Å². The monoisotopic (exact) mass is 344 g/mol. The summed E-state index contributed by atoms with van der Waals surface area (Å²) in [5.74, 6) is -1.16. The SMILES string of the molecule is CC(O)CNC(=O)C1CC(=O)N(Cc2cccc(C(F)(F)F)c2)C1. The van der Waals surface area contributed by atoms with Crippen molar-refractivity contribution in [2.75, 3.05) is 13.1 Å². The molecule has 2 rings (SSSR count). The first-order chi connectivity index (χ1) is 11.2. The Morgan fingerprint density at radius 3 is 2.79 bits per heavy atom. The molecule has 1 aromatic carbocycles. The van der Waals surface area contributed by atoms with Crippen molar-refractivity contribution in [3.63, 3.8) is 0 Å². The van der Waals surface area contributed by atoms with Gasteiger partial charge in [0.05, 0.1) is 17.6 Å². The Labute approximate surface area is 137 Å². The molecule has 0 saturated carbocycles. The van der Waals surface area contributed by atoms with E-state index in [9.17, 15) is 22.8 Å². The van der Waals surface area contributed by atoms with E-state index in [1.165, 1.54) is 24.0 Å². The summed E-state index contributed by atoms with van der Waals surface area (Å²) < 4.78 is 38.2. The van der Waals surface area contributed by atoms with E-state index >= 15 is 0 Å². The number of rotatable bonds is 5. The molecule has 8 heteroatoms. The molecule has 0 spiro atoms. The van der Waals surface area contributed by atoms with Crippen LogP contribution in [-0.4, -0.2) is 41.0 Å².